The van der Waals surface area contributed by atoms with Gasteiger partial charge in [0.15, 0.2) is 0 Å². The number of aliphatic hydroxyl groups excluding tert-OH is 1. The molecule has 0 saturated carbocycles. The minimum absolute atomic E-state index is 0.0858. The van der Waals surface area contributed by atoms with E-state index >= 15 is 0 Å². The van der Waals surface area contributed by atoms with Crippen molar-refractivity contribution in [2.24, 2.45) is 5.73 Å². The fourth-order valence-corrected chi connectivity index (χ4v) is 1.61. The zero-order valence-electron chi connectivity index (χ0n) is 9.77. The van der Waals surface area contributed by atoms with Crippen LogP contribution in [0, 0.1) is 0 Å². The Kier molecular flexibility index (Phi) is 3.42. The first-order chi connectivity index (χ1) is 7.20. The summed E-state index contributed by atoms with van der Waals surface area (Å²) < 4.78 is 5.12. The van der Waals surface area contributed by atoms with Gasteiger partial charge in [-0.25, -0.2) is 4.79 Å². The fraction of sp³-hybridized carbons (Fsp3) is 0.800. The molecular formula is C10H18N2O4. The molecule has 0 aromatic carbocycles. The summed E-state index contributed by atoms with van der Waals surface area (Å²) in [5.74, 6) is -0.623. The maximum absolute atomic E-state index is 11.7. The number of primary amides is 1. The average Bonchev–Trinajstić information content (AvgIpc) is 2.44. The van der Waals surface area contributed by atoms with E-state index in [1.807, 2.05) is 0 Å². The van der Waals surface area contributed by atoms with Crippen LogP contribution >= 0.6 is 0 Å². The number of amides is 2. The molecule has 1 heterocycles. The highest BCUT2D eigenvalue weighted by Crippen LogP contribution is 2.20. The van der Waals surface area contributed by atoms with Crippen LogP contribution in [0.2, 0.25) is 0 Å². The van der Waals surface area contributed by atoms with E-state index in [-0.39, 0.29) is 13.0 Å². The van der Waals surface area contributed by atoms with Crippen molar-refractivity contribution >= 4 is 12.0 Å². The van der Waals surface area contributed by atoms with Crippen molar-refractivity contribution in [2.75, 3.05) is 6.54 Å². The van der Waals surface area contributed by atoms with E-state index in [1.54, 1.807) is 20.8 Å². The second kappa shape index (κ2) is 4.29. The van der Waals surface area contributed by atoms with E-state index < -0.39 is 29.7 Å². The molecule has 2 amide bonds. The molecule has 1 aliphatic heterocycles. The van der Waals surface area contributed by atoms with Crippen molar-refractivity contribution in [3.8, 4) is 0 Å². The van der Waals surface area contributed by atoms with E-state index in [2.05, 4.69) is 0 Å². The SMILES string of the molecule is CC(C)(C)OC(=O)N1C[C@H](O)C[C@H]1C(N)=O. The van der Waals surface area contributed by atoms with Gasteiger partial charge in [-0.15, -0.1) is 0 Å². The predicted molar refractivity (Wildman–Crippen MR) is 56.5 cm³/mol. The molecule has 1 saturated heterocycles. The number of ether oxygens (including phenoxy) is 1. The van der Waals surface area contributed by atoms with Gasteiger partial charge in [-0.2, -0.15) is 0 Å². The van der Waals surface area contributed by atoms with E-state index in [0.29, 0.717) is 0 Å². The number of nitrogens with zero attached hydrogens (tertiary/aromatic N) is 1. The average molecular weight is 230 g/mol. The highest BCUT2D eigenvalue weighted by atomic mass is 16.6. The van der Waals surface area contributed by atoms with Crippen molar-refractivity contribution in [3.63, 3.8) is 0 Å². The number of carbonyl (C=O) groups excluding carboxylic acids is 2. The summed E-state index contributed by atoms with van der Waals surface area (Å²) in [4.78, 5) is 24.0. The van der Waals surface area contributed by atoms with Crippen LogP contribution in [-0.2, 0) is 9.53 Å². The largest absolute Gasteiger partial charge is 0.444 e. The molecule has 2 atom stereocenters. The van der Waals surface area contributed by atoms with E-state index in [1.165, 1.54) is 4.90 Å². The van der Waals surface area contributed by atoms with Crippen LogP contribution in [0.15, 0.2) is 0 Å². The summed E-state index contributed by atoms with van der Waals surface area (Å²) in [7, 11) is 0. The predicted octanol–water partition coefficient (Wildman–Crippen LogP) is -0.158. The molecule has 92 valence electrons. The van der Waals surface area contributed by atoms with Gasteiger partial charge < -0.3 is 15.6 Å². The first kappa shape index (κ1) is 12.8. The van der Waals surface area contributed by atoms with Crippen molar-refractivity contribution in [3.05, 3.63) is 0 Å². The first-order valence-corrected chi connectivity index (χ1v) is 5.17. The Balaban J connectivity index is 2.71. The Morgan fingerprint density at radius 1 is 1.44 bits per heavy atom. The molecule has 0 bridgehead atoms. The minimum atomic E-state index is -0.773. The Labute approximate surface area is 94.3 Å². The van der Waals surface area contributed by atoms with Crippen LogP contribution in [0.1, 0.15) is 27.2 Å². The number of rotatable bonds is 1. The van der Waals surface area contributed by atoms with Gasteiger partial charge in [0.2, 0.25) is 5.91 Å². The molecule has 0 aromatic heterocycles. The number of likely N-dealkylation sites (tertiary alicyclic amines) is 1. The van der Waals surface area contributed by atoms with Crippen molar-refractivity contribution in [1.29, 1.82) is 0 Å². The molecular weight excluding hydrogens is 212 g/mol. The number of carbonyl (C=O) groups is 2. The van der Waals surface area contributed by atoms with Crippen molar-refractivity contribution < 1.29 is 19.4 Å². The highest BCUT2D eigenvalue weighted by molar-refractivity contribution is 5.85. The van der Waals surface area contributed by atoms with E-state index in [9.17, 15) is 14.7 Å². The molecule has 1 rings (SSSR count). The number of hydrogen-bond donors (Lipinski definition) is 2. The van der Waals surface area contributed by atoms with Gasteiger partial charge in [0, 0.05) is 6.42 Å². The topological polar surface area (TPSA) is 92.9 Å². The van der Waals surface area contributed by atoms with Crippen molar-refractivity contribution in [2.45, 2.75) is 44.9 Å². The van der Waals surface area contributed by atoms with Crippen LogP contribution in [0.4, 0.5) is 4.79 Å². The Bertz CT molecular complexity index is 298. The second-order valence-corrected chi connectivity index (χ2v) is 4.94. The molecule has 0 spiro atoms. The summed E-state index contributed by atoms with van der Waals surface area (Å²) in [6.07, 6.45) is -1.16. The summed E-state index contributed by atoms with van der Waals surface area (Å²) in [5.41, 5.74) is 4.52. The van der Waals surface area contributed by atoms with E-state index in [0.717, 1.165) is 0 Å². The molecule has 0 unspecified atom stereocenters. The molecule has 0 aliphatic carbocycles. The molecule has 1 aliphatic rings. The molecule has 1 fully saturated rings. The van der Waals surface area contributed by atoms with Gasteiger partial charge in [-0.1, -0.05) is 0 Å². The third-order valence-corrected chi connectivity index (χ3v) is 2.24. The third kappa shape index (κ3) is 3.10. The van der Waals surface area contributed by atoms with Gasteiger partial charge in [-0.05, 0) is 20.8 Å². The summed E-state index contributed by atoms with van der Waals surface area (Å²) in [5, 5.41) is 9.41. The molecule has 3 N–H and O–H groups in total. The van der Waals surface area contributed by atoms with Gasteiger partial charge >= 0.3 is 6.09 Å². The summed E-state index contributed by atoms with van der Waals surface area (Å²) in [6.45, 7) is 5.28. The molecule has 16 heavy (non-hydrogen) atoms. The van der Waals surface area contributed by atoms with Gasteiger partial charge in [0.1, 0.15) is 11.6 Å². The lowest BCUT2D eigenvalue weighted by Gasteiger charge is -2.26. The standard InChI is InChI=1S/C10H18N2O4/c1-10(2,3)16-9(15)12-5-6(13)4-7(12)8(11)14/h6-7,13H,4-5H2,1-3H3,(H2,11,14)/t6-,7+/m1/s1. The van der Waals surface area contributed by atoms with Crippen molar-refractivity contribution in [1.82, 2.24) is 4.90 Å². The normalized spacial score (nSPS) is 25.6. The minimum Gasteiger partial charge on any atom is -0.444 e. The number of nitrogens with two attached hydrogens (primary N) is 1. The van der Waals surface area contributed by atoms with Gasteiger partial charge in [0.25, 0.3) is 0 Å². The lowest BCUT2D eigenvalue weighted by Crippen LogP contribution is -2.45. The van der Waals surface area contributed by atoms with Crippen LogP contribution in [-0.4, -0.2) is 46.3 Å². The maximum atomic E-state index is 11.7. The Hall–Kier alpha value is -1.30. The first-order valence-electron chi connectivity index (χ1n) is 5.17. The van der Waals surface area contributed by atoms with Crippen LogP contribution in [0.3, 0.4) is 0 Å². The molecule has 0 aromatic rings. The number of hydrogen-bond acceptors (Lipinski definition) is 4. The Morgan fingerprint density at radius 3 is 2.44 bits per heavy atom. The molecule has 0 radical (unpaired) electrons. The summed E-state index contributed by atoms with van der Waals surface area (Å²) >= 11 is 0. The van der Waals surface area contributed by atoms with Crippen LogP contribution in [0.5, 0.6) is 0 Å². The Morgan fingerprint density at radius 2 is 2.00 bits per heavy atom. The van der Waals surface area contributed by atoms with Crippen LogP contribution < -0.4 is 5.73 Å². The zero-order valence-corrected chi connectivity index (χ0v) is 9.77. The smallest absolute Gasteiger partial charge is 0.411 e. The lowest BCUT2D eigenvalue weighted by molar-refractivity contribution is -0.122. The molecule has 6 heteroatoms. The quantitative estimate of drug-likeness (QED) is 0.654. The lowest BCUT2D eigenvalue weighted by atomic mass is 10.2. The maximum Gasteiger partial charge on any atom is 0.411 e. The fourth-order valence-electron chi connectivity index (χ4n) is 1.61. The van der Waals surface area contributed by atoms with E-state index in [4.69, 9.17) is 10.5 Å². The van der Waals surface area contributed by atoms with Gasteiger partial charge in [0.05, 0.1) is 12.6 Å². The highest BCUT2D eigenvalue weighted by Gasteiger charge is 2.39. The van der Waals surface area contributed by atoms with Crippen LogP contribution in [0.25, 0.3) is 0 Å². The summed E-state index contributed by atoms with van der Waals surface area (Å²) in [6, 6.07) is -0.773. The number of β-amino-alcohol motifs (C(OH)–C–C–N with tert-alkyl or cyclic N) is 1. The third-order valence-electron chi connectivity index (χ3n) is 2.24. The van der Waals surface area contributed by atoms with Gasteiger partial charge in [-0.3, -0.25) is 9.69 Å². The number of aliphatic hydroxyl groups is 1. The second-order valence-electron chi connectivity index (χ2n) is 4.94. The zero-order chi connectivity index (χ0) is 12.5. The monoisotopic (exact) mass is 230 g/mol. The molecule has 6 nitrogen and oxygen atoms in total.